The highest BCUT2D eigenvalue weighted by molar-refractivity contribution is 8.01. The Morgan fingerprint density at radius 1 is 1.62 bits per heavy atom. The summed E-state index contributed by atoms with van der Waals surface area (Å²) in [5.41, 5.74) is 2.13. The van der Waals surface area contributed by atoms with E-state index in [1.165, 1.54) is 23.1 Å². The van der Waals surface area contributed by atoms with Gasteiger partial charge in [0.25, 0.3) is 5.91 Å². The lowest BCUT2D eigenvalue weighted by Gasteiger charge is -1.96. The first-order valence-corrected chi connectivity index (χ1v) is 8.27. The number of amides is 1. The molecule has 0 aliphatic rings. The molecule has 0 saturated carbocycles. The molecule has 2 heterocycles. The fourth-order valence-corrected chi connectivity index (χ4v) is 3.50. The molecular formula is C13H15N5OS2. The second-order valence-electron chi connectivity index (χ2n) is 4.32. The smallest absolute Gasteiger partial charge is 0.277 e. The number of aromatic amines is 1. The normalized spacial score (nSPS) is 10.3. The van der Waals surface area contributed by atoms with Crippen LogP contribution in [-0.4, -0.2) is 26.8 Å². The number of nitriles is 1. The van der Waals surface area contributed by atoms with Gasteiger partial charge in [0, 0.05) is 5.69 Å². The van der Waals surface area contributed by atoms with Crippen LogP contribution in [0.4, 0.5) is 5.13 Å². The molecule has 2 rings (SSSR count). The van der Waals surface area contributed by atoms with Crippen LogP contribution < -0.4 is 5.32 Å². The van der Waals surface area contributed by atoms with Crippen molar-refractivity contribution < 1.29 is 4.79 Å². The van der Waals surface area contributed by atoms with Gasteiger partial charge in [0.05, 0.1) is 21.7 Å². The van der Waals surface area contributed by atoms with E-state index in [9.17, 15) is 4.79 Å². The fourth-order valence-electron chi connectivity index (χ4n) is 1.70. The van der Waals surface area contributed by atoms with Gasteiger partial charge >= 0.3 is 0 Å². The van der Waals surface area contributed by atoms with E-state index in [-0.39, 0.29) is 5.91 Å². The molecule has 0 aliphatic heterocycles. The number of nitrogens with one attached hydrogen (secondary N) is 2. The van der Waals surface area contributed by atoms with Gasteiger partial charge < -0.3 is 0 Å². The van der Waals surface area contributed by atoms with Crippen molar-refractivity contribution in [1.29, 1.82) is 5.26 Å². The second kappa shape index (κ2) is 7.24. The molecule has 2 aromatic rings. The van der Waals surface area contributed by atoms with E-state index >= 15 is 0 Å². The topological polar surface area (TPSA) is 94.5 Å². The molecule has 0 spiro atoms. The summed E-state index contributed by atoms with van der Waals surface area (Å²) in [6.07, 6.45) is 1.86. The zero-order valence-corrected chi connectivity index (χ0v) is 13.4. The van der Waals surface area contributed by atoms with Gasteiger partial charge in [-0.15, -0.1) is 0 Å². The Labute approximate surface area is 131 Å². The van der Waals surface area contributed by atoms with E-state index in [0.29, 0.717) is 16.6 Å². The Balaban J connectivity index is 2.03. The van der Waals surface area contributed by atoms with Gasteiger partial charge in [-0.2, -0.15) is 10.4 Å². The first-order valence-electron chi connectivity index (χ1n) is 6.46. The molecule has 0 fully saturated rings. The first-order chi connectivity index (χ1) is 10.1. The molecule has 0 aromatic carbocycles. The van der Waals surface area contributed by atoms with Gasteiger partial charge in [-0.1, -0.05) is 36.4 Å². The average molecular weight is 321 g/mol. The van der Waals surface area contributed by atoms with Crippen LogP contribution in [0.2, 0.25) is 0 Å². The largest absolute Gasteiger partial charge is 0.296 e. The molecule has 8 heteroatoms. The van der Waals surface area contributed by atoms with Crippen molar-refractivity contribution in [2.45, 2.75) is 30.9 Å². The highest BCUT2D eigenvalue weighted by atomic mass is 32.2. The zero-order chi connectivity index (χ0) is 15.2. The molecule has 0 saturated heterocycles. The maximum atomic E-state index is 12.1. The van der Waals surface area contributed by atoms with Gasteiger partial charge in [0.2, 0.25) is 0 Å². The number of nitrogens with zero attached hydrogens (tertiary/aromatic N) is 3. The molecule has 2 aromatic heterocycles. The van der Waals surface area contributed by atoms with Gasteiger partial charge in [0.1, 0.15) is 0 Å². The standard InChI is InChI=1S/C13H15N5OS2/c1-3-4-9-7-10(18-17-9)11(19)16-13-15-8(2)12(21-13)20-6-5-14/h7H,3-4,6H2,1-2H3,(H,17,18)(H,15,16,19). The van der Waals surface area contributed by atoms with Crippen LogP contribution in [0.1, 0.15) is 35.2 Å². The van der Waals surface area contributed by atoms with Crippen molar-refractivity contribution in [2.75, 3.05) is 11.1 Å². The molecule has 0 atom stereocenters. The summed E-state index contributed by atoms with van der Waals surface area (Å²) in [5, 5.41) is 18.7. The summed E-state index contributed by atoms with van der Waals surface area (Å²) >= 11 is 2.79. The molecule has 1 amide bonds. The highest BCUT2D eigenvalue weighted by Gasteiger charge is 2.14. The maximum absolute atomic E-state index is 12.1. The lowest BCUT2D eigenvalue weighted by molar-refractivity contribution is 0.102. The Morgan fingerprint density at radius 3 is 3.14 bits per heavy atom. The van der Waals surface area contributed by atoms with E-state index in [4.69, 9.17) is 5.26 Å². The summed E-state index contributed by atoms with van der Waals surface area (Å²) in [5.74, 6) is 0.0927. The molecule has 110 valence electrons. The third kappa shape index (κ3) is 4.06. The van der Waals surface area contributed by atoms with E-state index < -0.39 is 0 Å². The van der Waals surface area contributed by atoms with E-state index in [0.717, 1.165) is 28.4 Å². The van der Waals surface area contributed by atoms with E-state index in [1.54, 1.807) is 6.07 Å². The number of carbonyl (C=O) groups excluding carboxylic acids is 1. The number of aromatic nitrogens is 3. The fraction of sp³-hybridized carbons (Fsp3) is 0.385. The Kier molecular flexibility index (Phi) is 5.36. The van der Waals surface area contributed by atoms with Gasteiger partial charge in [-0.05, 0) is 19.4 Å². The van der Waals surface area contributed by atoms with Crippen molar-refractivity contribution in [1.82, 2.24) is 15.2 Å². The maximum Gasteiger partial charge on any atom is 0.277 e. The number of aryl methyl sites for hydroxylation is 2. The molecule has 21 heavy (non-hydrogen) atoms. The molecule has 2 N–H and O–H groups in total. The number of carbonyl (C=O) groups is 1. The van der Waals surface area contributed by atoms with Crippen LogP contribution in [0.5, 0.6) is 0 Å². The molecule has 0 bridgehead atoms. The minimum atomic E-state index is -0.279. The van der Waals surface area contributed by atoms with Crippen LogP contribution in [0, 0.1) is 18.3 Å². The average Bonchev–Trinajstić information content (AvgIpc) is 3.04. The first kappa shape index (κ1) is 15.5. The number of thioether (sulfide) groups is 1. The summed E-state index contributed by atoms with van der Waals surface area (Å²) in [4.78, 5) is 16.4. The summed E-state index contributed by atoms with van der Waals surface area (Å²) in [7, 11) is 0. The van der Waals surface area contributed by atoms with Crippen LogP contribution >= 0.6 is 23.1 Å². The number of H-pyrrole nitrogens is 1. The van der Waals surface area contributed by atoms with Crippen LogP contribution in [0.25, 0.3) is 0 Å². The minimum Gasteiger partial charge on any atom is -0.296 e. The molecular weight excluding hydrogens is 306 g/mol. The minimum absolute atomic E-state index is 0.279. The lowest BCUT2D eigenvalue weighted by Crippen LogP contribution is -2.12. The number of thiazole rings is 1. The SMILES string of the molecule is CCCc1cc(C(=O)Nc2nc(C)c(SCC#N)s2)n[nH]1. The van der Waals surface area contributed by atoms with Gasteiger partial charge in [0.15, 0.2) is 10.8 Å². The lowest BCUT2D eigenvalue weighted by atomic mass is 10.2. The van der Waals surface area contributed by atoms with Gasteiger partial charge in [-0.3, -0.25) is 15.2 Å². The summed E-state index contributed by atoms with van der Waals surface area (Å²) in [6, 6.07) is 3.83. The van der Waals surface area contributed by atoms with Crippen molar-refractivity contribution in [3.63, 3.8) is 0 Å². The summed E-state index contributed by atoms with van der Waals surface area (Å²) in [6.45, 7) is 3.93. The molecule has 0 unspecified atom stereocenters. The third-order valence-electron chi connectivity index (χ3n) is 2.63. The predicted octanol–water partition coefficient (Wildman–Crippen LogP) is 3.00. The number of rotatable bonds is 6. The zero-order valence-electron chi connectivity index (χ0n) is 11.8. The van der Waals surface area contributed by atoms with Crippen molar-refractivity contribution >= 4 is 34.1 Å². The van der Waals surface area contributed by atoms with Crippen LogP contribution in [0.3, 0.4) is 0 Å². The van der Waals surface area contributed by atoms with Crippen molar-refractivity contribution in [3.05, 3.63) is 23.1 Å². The van der Waals surface area contributed by atoms with Crippen molar-refractivity contribution in [2.24, 2.45) is 0 Å². The third-order valence-corrected chi connectivity index (χ3v) is 4.93. The van der Waals surface area contributed by atoms with Crippen molar-refractivity contribution in [3.8, 4) is 6.07 Å². The Morgan fingerprint density at radius 2 is 2.43 bits per heavy atom. The molecule has 0 aliphatic carbocycles. The van der Waals surface area contributed by atoms with Crippen LogP contribution in [-0.2, 0) is 6.42 Å². The van der Waals surface area contributed by atoms with E-state index in [2.05, 4.69) is 33.5 Å². The number of anilines is 1. The van der Waals surface area contributed by atoms with E-state index in [1.807, 2.05) is 6.92 Å². The monoisotopic (exact) mass is 321 g/mol. The second-order valence-corrected chi connectivity index (χ2v) is 6.56. The van der Waals surface area contributed by atoms with Gasteiger partial charge in [-0.25, -0.2) is 4.98 Å². The summed E-state index contributed by atoms with van der Waals surface area (Å²) < 4.78 is 0.945. The molecule has 6 nitrogen and oxygen atoms in total. The Hall–Kier alpha value is -1.85. The number of hydrogen-bond acceptors (Lipinski definition) is 6. The predicted molar refractivity (Wildman–Crippen MR) is 83.7 cm³/mol. The molecule has 0 radical (unpaired) electrons. The van der Waals surface area contributed by atoms with Crippen LogP contribution in [0.15, 0.2) is 10.3 Å². The highest BCUT2D eigenvalue weighted by Crippen LogP contribution is 2.31. The number of hydrogen-bond donors (Lipinski definition) is 2. The quantitative estimate of drug-likeness (QED) is 0.798. The Bertz CT molecular complexity index is 670.